The van der Waals surface area contributed by atoms with Crippen molar-refractivity contribution in [2.45, 2.75) is 0 Å². The summed E-state index contributed by atoms with van der Waals surface area (Å²) < 4.78 is 0.999. The summed E-state index contributed by atoms with van der Waals surface area (Å²) in [6.45, 7) is 0. The molecule has 0 radical (unpaired) electrons. The summed E-state index contributed by atoms with van der Waals surface area (Å²) in [5, 5.41) is 7.29. The van der Waals surface area contributed by atoms with Crippen molar-refractivity contribution < 1.29 is 0 Å². The largest absolute Gasteiger partial charge is 0.398 e. The summed E-state index contributed by atoms with van der Waals surface area (Å²) in [6.07, 6.45) is 0. The standard InChI is InChI=1S/C8H8N4S/c9-5-2-6-7(13-3-12-6)1-4(5)8(10)11/h1-3H,9H2,(H3,10,11). The van der Waals surface area contributed by atoms with E-state index in [0.717, 1.165) is 10.2 Å². The van der Waals surface area contributed by atoms with Gasteiger partial charge in [0.2, 0.25) is 0 Å². The van der Waals surface area contributed by atoms with E-state index in [9.17, 15) is 0 Å². The third kappa shape index (κ3) is 1.23. The van der Waals surface area contributed by atoms with Crippen molar-refractivity contribution in [3.8, 4) is 0 Å². The van der Waals surface area contributed by atoms with Gasteiger partial charge in [0.15, 0.2) is 0 Å². The lowest BCUT2D eigenvalue weighted by Crippen LogP contribution is -2.13. The molecule has 2 aromatic rings. The average molecular weight is 192 g/mol. The van der Waals surface area contributed by atoms with Crippen LogP contribution in [-0.4, -0.2) is 10.8 Å². The molecule has 1 heterocycles. The van der Waals surface area contributed by atoms with Crippen LogP contribution in [0.4, 0.5) is 5.69 Å². The third-order valence-corrected chi connectivity index (χ3v) is 2.58. The van der Waals surface area contributed by atoms with E-state index in [1.165, 1.54) is 11.3 Å². The smallest absolute Gasteiger partial charge is 0.124 e. The van der Waals surface area contributed by atoms with Gasteiger partial charge in [-0.05, 0) is 12.1 Å². The lowest BCUT2D eigenvalue weighted by molar-refractivity contribution is 1.43. The Hall–Kier alpha value is -1.62. The Morgan fingerprint density at radius 1 is 1.46 bits per heavy atom. The molecule has 1 aromatic carbocycles. The fourth-order valence-electron chi connectivity index (χ4n) is 1.15. The number of hydrogen-bond acceptors (Lipinski definition) is 4. The van der Waals surface area contributed by atoms with Gasteiger partial charge in [-0.3, -0.25) is 5.41 Å². The number of nitrogens with one attached hydrogen (secondary N) is 1. The minimum absolute atomic E-state index is 0.00667. The van der Waals surface area contributed by atoms with Gasteiger partial charge in [0.25, 0.3) is 0 Å². The second kappa shape index (κ2) is 2.70. The van der Waals surface area contributed by atoms with E-state index in [1.54, 1.807) is 17.6 Å². The zero-order valence-corrected chi connectivity index (χ0v) is 7.56. The molecule has 5 heteroatoms. The van der Waals surface area contributed by atoms with Crippen LogP contribution in [0.25, 0.3) is 10.2 Å². The first-order valence-electron chi connectivity index (χ1n) is 3.65. The first-order valence-corrected chi connectivity index (χ1v) is 4.53. The van der Waals surface area contributed by atoms with Crippen LogP contribution in [0, 0.1) is 5.41 Å². The number of fused-ring (bicyclic) bond motifs is 1. The molecule has 5 N–H and O–H groups in total. The molecule has 0 saturated heterocycles. The van der Waals surface area contributed by atoms with Gasteiger partial charge in [-0.15, -0.1) is 11.3 Å². The van der Waals surface area contributed by atoms with E-state index in [1.807, 2.05) is 0 Å². The van der Waals surface area contributed by atoms with Gasteiger partial charge in [-0.25, -0.2) is 4.98 Å². The lowest BCUT2D eigenvalue weighted by atomic mass is 10.1. The number of anilines is 1. The molecule has 0 aliphatic heterocycles. The predicted molar refractivity (Wildman–Crippen MR) is 55.0 cm³/mol. The number of nitrogens with zero attached hydrogens (tertiary/aromatic N) is 1. The topological polar surface area (TPSA) is 88.8 Å². The Morgan fingerprint density at radius 3 is 2.92 bits per heavy atom. The molecule has 0 saturated carbocycles. The Balaban J connectivity index is 2.76. The van der Waals surface area contributed by atoms with Crippen LogP contribution in [0.5, 0.6) is 0 Å². The molecule has 0 fully saturated rings. The molecular formula is C8H8N4S. The van der Waals surface area contributed by atoms with E-state index >= 15 is 0 Å². The van der Waals surface area contributed by atoms with Crippen molar-refractivity contribution in [3.05, 3.63) is 23.2 Å². The number of amidine groups is 1. The highest BCUT2D eigenvalue weighted by Gasteiger charge is 2.05. The second-order valence-corrected chi connectivity index (χ2v) is 3.56. The van der Waals surface area contributed by atoms with Crippen molar-refractivity contribution in [2.24, 2.45) is 5.73 Å². The molecule has 0 amide bonds. The monoisotopic (exact) mass is 192 g/mol. The quantitative estimate of drug-likeness (QED) is 0.360. The maximum atomic E-state index is 7.29. The summed E-state index contributed by atoms with van der Waals surface area (Å²) in [6, 6.07) is 3.53. The van der Waals surface area contributed by atoms with Crippen molar-refractivity contribution in [1.82, 2.24) is 4.98 Å². The molecule has 1 aromatic heterocycles. The van der Waals surface area contributed by atoms with Crippen molar-refractivity contribution in [1.29, 1.82) is 5.41 Å². The molecule has 66 valence electrons. The minimum atomic E-state index is -0.00667. The van der Waals surface area contributed by atoms with E-state index < -0.39 is 0 Å². The molecule has 0 bridgehead atoms. The fourth-order valence-corrected chi connectivity index (χ4v) is 1.85. The van der Waals surface area contributed by atoms with Gasteiger partial charge >= 0.3 is 0 Å². The summed E-state index contributed by atoms with van der Waals surface area (Å²) in [5.41, 5.74) is 14.7. The van der Waals surface area contributed by atoms with Crippen LogP contribution >= 0.6 is 11.3 Å². The van der Waals surface area contributed by atoms with Gasteiger partial charge in [0.05, 0.1) is 15.7 Å². The summed E-state index contributed by atoms with van der Waals surface area (Å²) >= 11 is 1.51. The van der Waals surface area contributed by atoms with Gasteiger partial charge in [0, 0.05) is 11.3 Å². The molecular weight excluding hydrogens is 184 g/mol. The van der Waals surface area contributed by atoms with Crippen LogP contribution in [0.15, 0.2) is 17.6 Å². The molecule has 0 unspecified atom stereocenters. The third-order valence-electron chi connectivity index (χ3n) is 1.79. The highest BCUT2D eigenvalue weighted by molar-refractivity contribution is 7.16. The summed E-state index contributed by atoms with van der Waals surface area (Å²) in [7, 11) is 0. The van der Waals surface area contributed by atoms with E-state index in [2.05, 4.69) is 4.98 Å². The van der Waals surface area contributed by atoms with Crippen molar-refractivity contribution in [2.75, 3.05) is 5.73 Å². The van der Waals surface area contributed by atoms with Crippen molar-refractivity contribution in [3.63, 3.8) is 0 Å². The highest BCUT2D eigenvalue weighted by Crippen LogP contribution is 2.23. The number of aromatic nitrogens is 1. The summed E-state index contributed by atoms with van der Waals surface area (Å²) in [4.78, 5) is 4.11. The van der Waals surface area contributed by atoms with Crippen LogP contribution in [0.3, 0.4) is 0 Å². The fraction of sp³-hybridized carbons (Fsp3) is 0. The molecule has 0 aliphatic carbocycles. The highest BCUT2D eigenvalue weighted by atomic mass is 32.1. The number of hydrogen-bond donors (Lipinski definition) is 3. The van der Waals surface area contributed by atoms with Crippen LogP contribution < -0.4 is 11.5 Å². The number of nitrogen functional groups attached to an aromatic ring is 2. The van der Waals surface area contributed by atoms with E-state index in [-0.39, 0.29) is 5.84 Å². The zero-order valence-electron chi connectivity index (χ0n) is 6.74. The maximum Gasteiger partial charge on any atom is 0.124 e. The molecule has 0 spiro atoms. The second-order valence-electron chi connectivity index (χ2n) is 2.67. The first-order chi connectivity index (χ1) is 6.18. The average Bonchev–Trinajstić information content (AvgIpc) is 2.48. The van der Waals surface area contributed by atoms with E-state index in [4.69, 9.17) is 16.9 Å². The minimum Gasteiger partial charge on any atom is -0.398 e. The van der Waals surface area contributed by atoms with Crippen LogP contribution in [0.2, 0.25) is 0 Å². The molecule has 0 aliphatic rings. The van der Waals surface area contributed by atoms with Gasteiger partial charge in [-0.2, -0.15) is 0 Å². The normalized spacial score (nSPS) is 10.5. The Kier molecular flexibility index (Phi) is 1.66. The first kappa shape index (κ1) is 8.00. The van der Waals surface area contributed by atoms with Crippen LogP contribution in [-0.2, 0) is 0 Å². The van der Waals surface area contributed by atoms with E-state index in [0.29, 0.717) is 11.3 Å². The molecule has 4 nitrogen and oxygen atoms in total. The van der Waals surface area contributed by atoms with Crippen molar-refractivity contribution >= 4 is 33.1 Å². The number of nitrogens with two attached hydrogens (primary N) is 2. The molecule has 2 rings (SSSR count). The predicted octanol–water partition coefficient (Wildman–Crippen LogP) is 1.16. The molecule has 13 heavy (non-hydrogen) atoms. The Morgan fingerprint density at radius 2 is 2.23 bits per heavy atom. The Bertz CT molecular complexity index is 474. The maximum absolute atomic E-state index is 7.29. The van der Waals surface area contributed by atoms with Gasteiger partial charge < -0.3 is 11.5 Å². The Labute approximate surface area is 78.7 Å². The zero-order chi connectivity index (χ0) is 9.42. The summed E-state index contributed by atoms with van der Waals surface area (Å²) in [5.74, 6) is -0.00667. The lowest BCUT2D eigenvalue weighted by Gasteiger charge is -2.02. The SMILES string of the molecule is N=C(N)c1cc2scnc2cc1N. The van der Waals surface area contributed by atoms with Crippen LogP contribution in [0.1, 0.15) is 5.56 Å². The van der Waals surface area contributed by atoms with Gasteiger partial charge in [-0.1, -0.05) is 0 Å². The number of thiazole rings is 1. The molecule has 0 atom stereocenters. The number of benzene rings is 1. The number of rotatable bonds is 1. The van der Waals surface area contributed by atoms with Gasteiger partial charge in [0.1, 0.15) is 5.84 Å².